The molecule has 2 N–H and O–H groups in total. The van der Waals surface area contributed by atoms with Gasteiger partial charge in [0.05, 0.1) is 12.6 Å². The zero-order valence-corrected chi connectivity index (χ0v) is 10.8. The molecule has 0 amide bonds. The summed E-state index contributed by atoms with van der Waals surface area (Å²) in [6, 6.07) is 12.6. The quantitative estimate of drug-likeness (QED) is 0.897. The molecule has 0 saturated carbocycles. The predicted molar refractivity (Wildman–Crippen MR) is 72.7 cm³/mol. The highest BCUT2D eigenvalue weighted by atomic mass is 19.1. The van der Waals surface area contributed by atoms with Crippen molar-refractivity contribution in [3.63, 3.8) is 0 Å². The topological polar surface area (TPSA) is 35.2 Å². The Morgan fingerprint density at radius 1 is 1.16 bits per heavy atom. The van der Waals surface area contributed by atoms with E-state index in [1.54, 1.807) is 13.2 Å². The van der Waals surface area contributed by atoms with E-state index in [1.165, 1.54) is 17.7 Å². The third kappa shape index (κ3) is 1.81. The molecule has 0 fully saturated rings. The van der Waals surface area contributed by atoms with E-state index in [0.717, 1.165) is 24.0 Å². The van der Waals surface area contributed by atoms with E-state index in [4.69, 9.17) is 10.5 Å². The van der Waals surface area contributed by atoms with Crippen LogP contribution >= 0.6 is 0 Å². The van der Waals surface area contributed by atoms with Crippen LogP contribution in [0.25, 0.3) is 0 Å². The van der Waals surface area contributed by atoms with Crippen LogP contribution < -0.4 is 10.5 Å². The molecule has 2 aromatic rings. The minimum absolute atomic E-state index is 0.287. The predicted octanol–water partition coefficient (Wildman–Crippen LogP) is 2.98. The summed E-state index contributed by atoms with van der Waals surface area (Å²) in [5.41, 5.74) is 8.95. The average molecular weight is 257 g/mol. The number of hydrogen-bond acceptors (Lipinski definition) is 2. The van der Waals surface area contributed by atoms with Gasteiger partial charge in [0, 0.05) is 5.56 Å². The first-order valence-electron chi connectivity index (χ1n) is 6.36. The zero-order chi connectivity index (χ0) is 13.5. The van der Waals surface area contributed by atoms with Crippen LogP contribution in [-0.2, 0) is 12.0 Å². The van der Waals surface area contributed by atoms with Gasteiger partial charge in [0.25, 0.3) is 0 Å². The van der Waals surface area contributed by atoms with Crippen molar-refractivity contribution in [2.45, 2.75) is 18.4 Å². The third-order valence-corrected chi connectivity index (χ3v) is 3.93. The molecule has 19 heavy (non-hydrogen) atoms. The molecule has 3 heteroatoms. The van der Waals surface area contributed by atoms with Gasteiger partial charge < -0.3 is 10.5 Å². The molecule has 3 rings (SSSR count). The Morgan fingerprint density at radius 3 is 2.74 bits per heavy atom. The van der Waals surface area contributed by atoms with Gasteiger partial charge in [-0.2, -0.15) is 0 Å². The lowest BCUT2D eigenvalue weighted by molar-refractivity contribution is 0.391. The van der Waals surface area contributed by atoms with Crippen LogP contribution in [0.4, 0.5) is 4.39 Å². The van der Waals surface area contributed by atoms with Crippen molar-refractivity contribution in [1.29, 1.82) is 0 Å². The van der Waals surface area contributed by atoms with Crippen LogP contribution in [0.2, 0.25) is 0 Å². The van der Waals surface area contributed by atoms with Crippen LogP contribution in [0.3, 0.4) is 0 Å². The Kier molecular flexibility index (Phi) is 2.79. The summed E-state index contributed by atoms with van der Waals surface area (Å²) in [5.74, 6) is 0.352. The Hall–Kier alpha value is -1.87. The van der Waals surface area contributed by atoms with Gasteiger partial charge in [-0.05, 0) is 42.2 Å². The van der Waals surface area contributed by atoms with E-state index in [2.05, 4.69) is 6.07 Å². The Balaban J connectivity index is 2.20. The molecule has 0 aromatic heterocycles. The molecule has 1 aliphatic rings. The largest absolute Gasteiger partial charge is 0.496 e. The number of methoxy groups -OCH3 is 1. The number of benzene rings is 2. The molecule has 98 valence electrons. The van der Waals surface area contributed by atoms with E-state index in [1.807, 2.05) is 18.2 Å². The summed E-state index contributed by atoms with van der Waals surface area (Å²) < 4.78 is 18.9. The number of fused-ring (bicyclic) bond motifs is 1. The first-order chi connectivity index (χ1) is 9.15. The van der Waals surface area contributed by atoms with Crippen molar-refractivity contribution in [1.82, 2.24) is 0 Å². The highest BCUT2D eigenvalue weighted by Gasteiger charge is 2.38. The molecule has 0 heterocycles. The lowest BCUT2D eigenvalue weighted by atomic mass is 9.84. The molecule has 0 radical (unpaired) electrons. The van der Waals surface area contributed by atoms with Gasteiger partial charge in [-0.3, -0.25) is 0 Å². The van der Waals surface area contributed by atoms with E-state index in [-0.39, 0.29) is 5.82 Å². The van der Waals surface area contributed by atoms with Crippen molar-refractivity contribution >= 4 is 0 Å². The number of aryl methyl sites for hydroxylation is 1. The van der Waals surface area contributed by atoms with E-state index in [0.29, 0.717) is 5.75 Å². The second-order valence-electron chi connectivity index (χ2n) is 4.97. The molecule has 1 unspecified atom stereocenters. The van der Waals surface area contributed by atoms with Gasteiger partial charge in [0.1, 0.15) is 11.6 Å². The van der Waals surface area contributed by atoms with Crippen molar-refractivity contribution in [2.24, 2.45) is 5.73 Å². The summed E-state index contributed by atoms with van der Waals surface area (Å²) >= 11 is 0. The molecule has 0 aliphatic heterocycles. The molecule has 1 atom stereocenters. The highest BCUT2D eigenvalue weighted by molar-refractivity contribution is 5.51. The summed E-state index contributed by atoms with van der Waals surface area (Å²) in [4.78, 5) is 0. The smallest absolute Gasteiger partial charge is 0.124 e. The monoisotopic (exact) mass is 257 g/mol. The molecular formula is C16H16FNO. The Bertz CT molecular complexity index is 626. The summed E-state index contributed by atoms with van der Waals surface area (Å²) in [6.45, 7) is 0. The first-order valence-corrected chi connectivity index (χ1v) is 6.36. The van der Waals surface area contributed by atoms with Crippen molar-refractivity contribution in [3.8, 4) is 5.75 Å². The fourth-order valence-electron chi connectivity index (χ4n) is 2.95. The van der Waals surface area contributed by atoms with E-state index >= 15 is 0 Å². The Morgan fingerprint density at radius 2 is 1.95 bits per heavy atom. The first kappa shape index (κ1) is 12.2. The van der Waals surface area contributed by atoms with Crippen molar-refractivity contribution < 1.29 is 9.13 Å². The fourth-order valence-corrected chi connectivity index (χ4v) is 2.95. The minimum Gasteiger partial charge on any atom is -0.496 e. The molecule has 0 saturated heterocycles. The number of ether oxygens (including phenoxy) is 1. The van der Waals surface area contributed by atoms with Gasteiger partial charge in [-0.15, -0.1) is 0 Å². The van der Waals surface area contributed by atoms with Crippen LogP contribution in [0.1, 0.15) is 23.1 Å². The van der Waals surface area contributed by atoms with E-state index < -0.39 is 5.54 Å². The summed E-state index contributed by atoms with van der Waals surface area (Å²) in [7, 11) is 1.58. The SMILES string of the molecule is COc1ccc(F)cc1C1(N)CCc2ccccc21. The van der Waals surface area contributed by atoms with Gasteiger partial charge in [0.2, 0.25) is 0 Å². The zero-order valence-electron chi connectivity index (χ0n) is 10.8. The van der Waals surface area contributed by atoms with Crippen LogP contribution in [0.15, 0.2) is 42.5 Å². The third-order valence-electron chi connectivity index (χ3n) is 3.93. The van der Waals surface area contributed by atoms with Crippen LogP contribution in [0.5, 0.6) is 5.75 Å². The normalized spacial score (nSPS) is 21.2. The van der Waals surface area contributed by atoms with Gasteiger partial charge in [-0.25, -0.2) is 4.39 Å². The highest BCUT2D eigenvalue weighted by Crippen LogP contribution is 2.43. The minimum atomic E-state index is -0.663. The number of hydrogen-bond donors (Lipinski definition) is 1. The maximum Gasteiger partial charge on any atom is 0.124 e. The number of nitrogens with two attached hydrogens (primary N) is 1. The Labute approximate surface area is 112 Å². The van der Waals surface area contributed by atoms with Crippen molar-refractivity contribution in [2.75, 3.05) is 7.11 Å². The lowest BCUT2D eigenvalue weighted by Crippen LogP contribution is -2.36. The van der Waals surface area contributed by atoms with Gasteiger partial charge >= 0.3 is 0 Å². The van der Waals surface area contributed by atoms with Crippen LogP contribution in [-0.4, -0.2) is 7.11 Å². The van der Waals surface area contributed by atoms with Gasteiger partial charge in [0.15, 0.2) is 0 Å². The summed E-state index contributed by atoms with van der Waals surface area (Å²) in [5, 5.41) is 0. The molecular weight excluding hydrogens is 241 g/mol. The molecule has 2 aromatic carbocycles. The standard InChI is InChI=1S/C16H16FNO/c1-19-15-7-6-12(17)10-14(15)16(18)9-8-11-4-2-3-5-13(11)16/h2-7,10H,8-9,18H2,1H3. The second kappa shape index (κ2) is 4.35. The fraction of sp³-hybridized carbons (Fsp3) is 0.250. The molecule has 0 bridgehead atoms. The summed E-state index contributed by atoms with van der Waals surface area (Å²) in [6.07, 6.45) is 1.68. The average Bonchev–Trinajstić information content (AvgIpc) is 2.78. The maximum absolute atomic E-state index is 13.6. The second-order valence-corrected chi connectivity index (χ2v) is 4.97. The molecule has 1 aliphatic carbocycles. The number of halogens is 1. The molecule has 0 spiro atoms. The lowest BCUT2D eigenvalue weighted by Gasteiger charge is -2.28. The van der Waals surface area contributed by atoms with Gasteiger partial charge in [-0.1, -0.05) is 24.3 Å². The van der Waals surface area contributed by atoms with Crippen molar-refractivity contribution in [3.05, 3.63) is 65.0 Å². The van der Waals surface area contributed by atoms with E-state index in [9.17, 15) is 4.39 Å². The van der Waals surface area contributed by atoms with Crippen LogP contribution in [0, 0.1) is 5.82 Å². The molecule has 2 nitrogen and oxygen atoms in total. The number of rotatable bonds is 2. The maximum atomic E-state index is 13.6.